The van der Waals surface area contributed by atoms with E-state index in [2.05, 4.69) is 27.6 Å². The highest BCUT2D eigenvalue weighted by Gasteiger charge is 1.90. The van der Waals surface area contributed by atoms with Crippen molar-refractivity contribution in [1.29, 1.82) is 0 Å². The maximum Gasteiger partial charge on any atom is 0.185 e. The van der Waals surface area contributed by atoms with Crippen LogP contribution < -0.4 is 34.4 Å². The standard InChI is InChI=1S/C6H16N6S2.C3H9N3S/c7-5(8)11-1-3-13-14-4-2-12-6(9)10;4-3(5)6-1-2-7/h1-4H2,(H4,7,8,11)(H4,9,10,12);7H,1-2H2,(H4,4,5,6). The Hall–Kier alpha value is -1.14. The van der Waals surface area contributed by atoms with Crippen molar-refractivity contribution in [3.8, 4) is 0 Å². The maximum atomic E-state index is 5.15. The van der Waals surface area contributed by atoms with Crippen LogP contribution in [0.1, 0.15) is 0 Å². The van der Waals surface area contributed by atoms with Crippen molar-refractivity contribution < 1.29 is 0 Å². The number of nitrogens with zero attached hydrogens (tertiary/aromatic N) is 3. The van der Waals surface area contributed by atoms with E-state index in [0.29, 0.717) is 25.4 Å². The second-order valence-corrected chi connectivity index (χ2v) is 6.44. The predicted octanol–water partition coefficient (Wildman–Crippen LogP) is -1.90. The Labute approximate surface area is 138 Å². The van der Waals surface area contributed by atoms with Gasteiger partial charge in [-0.1, -0.05) is 21.6 Å². The van der Waals surface area contributed by atoms with Crippen molar-refractivity contribution in [3.05, 3.63) is 0 Å². The fraction of sp³-hybridized carbons (Fsp3) is 0.667. The molecule has 0 aliphatic heterocycles. The summed E-state index contributed by atoms with van der Waals surface area (Å²) in [5, 5.41) is 0. The number of nitrogens with two attached hydrogens (primary N) is 6. The van der Waals surface area contributed by atoms with Gasteiger partial charge >= 0.3 is 0 Å². The Bertz CT molecular complexity index is 298. The molecule has 0 fully saturated rings. The number of hydrogen-bond donors (Lipinski definition) is 7. The molecular weight excluding hydrogens is 330 g/mol. The van der Waals surface area contributed by atoms with Gasteiger partial charge in [0.1, 0.15) is 0 Å². The summed E-state index contributed by atoms with van der Waals surface area (Å²) in [6.45, 7) is 1.88. The first kappa shape index (κ1) is 22.1. The normalized spacial score (nSPS) is 9.00. The van der Waals surface area contributed by atoms with E-state index in [9.17, 15) is 0 Å². The highest BCUT2D eigenvalue weighted by atomic mass is 33.1. The maximum absolute atomic E-state index is 5.15. The Morgan fingerprint density at radius 3 is 1.24 bits per heavy atom. The topological polar surface area (TPSA) is 193 Å². The van der Waals surface area contributed by atoms with Crippen LogP contribution in [-0.4, -0.2) is 54.8 Å². The van der Waals surface area contributed by atoms with E-state index >= 15 is 0 Å². The first-order valence-electron chi connectivity index (χ1n) is 5.91. The van der Waals surface area contributed by atoms with Crippen LogP contribution in [0.3, 0.4) is 0 Å². The average Bonchev–Trinajstić information content (AvgIpc) is 2.39. The molecule has 0 spiro atoms. The van der Waals surface area contributed by atoms with E-state index in [0.717, 1.165) is 11.5 Å². The Kier molecular flexibility index (Phi) is 17.8. The number of aliphatic imine (C=N–C) groups is 3. The fourth-order valence-corrected chi connectivity index (χ4v) is 2.54. The summed E-state index contributed by atoms with van der Waals surface area (Å²) in [6, 6.07) is 0. The van der Waals surface area contributed by atoms with Crippen molar-refractivity contribution in [2.24, 2.45) is 49.4 Å². The van der Waals surface area contributed by atoms with E-state index in [1.54, 1.807) is 21.6 Å². The van der Waals surface area contributed by atoms with E-state index in [1.165, 1.54) is 0 Å². The van der Waals surface area contributed by atoms with Gasteiger partial charge in [0.2, 0.25) is 0 Å². The van der Waals surface area contributed by atoms with Gasteiger partial charge in [-0.2, -0.15) is 12.6 Å². The van der Waals surface area contributed by atoms with Gasteiger partial charge in [0, 0.05) is 17.3 Å². The Balaban J connectivity index is 0. The van der Waals surface area contributed by atoms with E-state index in [4.69, 9.17) is 34.4 Å². The average molecular weight is 356 g/mol. The third kappa shape index (κ3) is 27.9. The molecule has 0 heterocycles. The van der Waals surface area contributed by atoms with Gasteiger partial charge in [-0.25, -0.2) is 0 Å². The number of thiol groups is 1. The van der Waals surface area contributed by atoms with Crippen molar-refractivity contribution in [2.45, 2.75) is 0 Å². The van der Waals surface area contributed by atoms with Gasteiger partial charge in [-0.15, -0.1) is 0 Å². The summed E-state index contributed by atoms with van der Waals surface area (Å²) in [5.41, 5.74) is 30.6. The molecule has 0 aromatic heterocycles. The molecule has 21 heavy (non-hydrogen) atoms. The Morgan fingerprint density at radius 2 is 1.00 bits per heavy atom. The second-order valence-electron chi connectivity index (χ2n) is 3.29. The van der Waals surface area contributed by atoms with Gasteiger partial charge in [-0.05, 0) is 0 Å². The van der Waals surface area contributed by atoms with Crippen molar-refractivity contribution in [3.63, 3.8) is 0 Å². The van der Waals surface area contributed by atoms with Gasteiger partial charge < -0.3 is 34.4 Å². The molecule has 0 aliphatic rings. The predicted molar refractivity (Wildman–Crippen MR) is 101 cm³/mol. The zero-order valence-electron chi connectivity index (χ0n) is 11.8. The number of guanidine groups is 3. The van der Waals surface area contributed by atoms with Gasteiger partial charge in [-0.3, -0.25) is 15.0 Å². The molecule has 0 amide bonds. The van der Waals surface area contributed by atoms with Crippen LogP contribution in [0.5, 0.6) is 0 Å². The first-order chi connectivity index (χ1) is 9.90. The molecular formula is C9H25N9S3. The summed E-state index contributed by atoms with van der Waals surface area (Å²) in [4.78, 5) is 11.3. The molecule has 0 atom stereocenters. The highest BCUT2D eigenvalue weighted by Crippen LogP contribution is 2.19. The minimum atomic E-state index is 0.133. The quantitative estimate of drug-likeness (QED) is 0.0819. The fourth-order valence-electron chi connectivity index (χ4n) is 0.721. The van der Waals surface area contributed by atoms with Crippen LogP contribution >= 0.6 is 34.2 Å². The molecule has 12 N–H and O–H groups in total. The monoisotopic (exact) mass is 355 g/mol. The molecule has 12 heteroatoms. The molecule has 124 valence electrons. The minimum Gasteiger partial charge on any atom is -0.370 e. The lowest BCUT2D eigenvalue weighted by Gasteiger charge is -1.97. The van der Waals surface area contributed by atoms with E-state index < -0.39 is 0 Å². The molecule has 0 bridgehead atoms. The summed E-state index contributed by atoms with van der Waals surface area (Å²) in [5.74, 6) is 2.86. The molecule has 0 aromatic carbocycles. The van der Waals surface area contributed by atoms with Crippen molar-refractivity contribution >= 4 is 52.1 Å². The molecule has 0 unspecified atom stereocenters. The first-order valence-corrected chi connectivity index (χ1v) is 9.03. The lowest BCUT2D eigenvalue weighted by atomic mass is 10.8. The largest absolute Gasteiger partial charge is 0.370 e. The van der Waals surface area contributed by atoms with Crippen LogP contribution in [0.15, 0.2) is 15.0 Å². The summed E-state index contributed by atoms with van der Waals surface area (Å²) in [7, 11) is 3.39. The Morgan fingerprint density at radius 1 is 0.667 bits per heavy atom. The smallest absolute Gasteiger partial charge is 0.185 e. The lowest BCUT2D eigenvalue weighted by Crippen LogP contribution is -2.23. The van der Waals surface area contributed by atoms with Crippen molar-refractivity contribution in [2.75, 3.05) is 36.9 Å². The molecule has 0 aliphatic carbocycles. The zero-order chi connectivity index (χ0) is 16.5. The van der Waals surface area contributed by atoms with Crippen molar-refractivity contribution in [1.82, 2.24) is 0 Å². The summed E-state index contributed by atoms with van der Waals surface area (Å²) < 4.78 is 0. The molecule has 0 radical (unpaired) electrons. The molecule has 0 saturated heterocycles. The van der Waals surface area contributed by atoms with Crippen LogP contribution in [0, 0.1) is 0 Å². The van der Waals surface area contributed by atoms with E-state index in [-0.39, 0.29) is 17.9 Å². The van der Waals surface area contributed by atoms with E-state index in [1.807, 2.05) is 0 Å². The van der Waals surface area contributed by atoms with Gasteiger partial charge in [0.25, 0.3) is 0 Å². The molecule has 0 rings (SSSR count). The second kappa shape index (κ2) is 16.9. The molecule has 0 saturated carbocycles. The third-order valence-electron chi connectivity index (χ3n) is 1.42. The number of hydrogen-bond acceptors (Lipinski definition) is 6. The molecule has 0 aromatic rings. The summed E-state index contributed by atoms with van der Waals surface area (Å²) >= 11 is 3.88. The van der Waals surface area contributed by atoms with Crippen LogP contribution in [0.25, 0.3) is 0 Å². The molecule has 9 nitrogen and oxygen atoms in total. The number of rotatable bonds is 9. The lowest BCUT2D eigenvalue weighted by molar-refractivity contribution is 1.13. The zero-order valence-corrected chi connectivity index (χ0v) is 14.3. The van der Waals surface area contributed by atoms with Gasteiger partial charge in [0.05, 0.1) is 19.6 Å². The highest BCUT2D eigenvalue weighted by molar-refractivity contribution is 8.76. The van der Waals surface area contributed by atoms with Crippen LogP contribution in [0.2, 0.25) is 0 Å². The van der Waals surface area contributed by atoms with Gasteiger partial charge in [0.15, 0.2) is 17.9 Å². The SMILES string of the molecule is NC(N)=NCCS.NC(N)=NCCSSCCN=C(N)N. The summed E-state index contributed by atoms with van der Waals surface area (Å²) in [6.07, 6.45) is 0. The minimum absolute atomic E-state index is 0.133. The van der Waals surface area contributed by atoms with Crippen LogP contribution in [0.4, 0.5) is 0 Å². The third-order valence-corrected chi connectivity index (χ3v) is 3.98. The van der Waals surface area contributed by atoms with Crippen LogP contribution in [-0.2, 0) is 0 Å².